The average Bonchev–Trinajstić information content (AvgIpc) is 3.03. The molecule has 0 spiro atoms. The normalized spacial score (nSPS) is 23.4. The van der Waals surface area contributed by atoms with Gasteiger partial charge < -0.3 is 10.0 Å². The molecule has 2 unspecified atom stereocenters. The molecule has 1 aliphatic heterocycles. The van der Waals surface area contributed by atoms with Crippen LogP contribution in [0, 0.1) is 0 Å². The molecule has 2 atom stereocenters. The Kier molecular flexibility index (Phi) is 4.68. The summed E-state index contributed by atoms with van der Waals surface area (Å²) in [7, 11) is 0. The number of aliphatic carboxylic acids is 1. The molecule has 0 fully saturated rings. The highest BCUT2D eigenvalue weighted by Crippen LogP contribution is 2.42. The number of nitrogens with zero attached hydrogens (tertiary/aromatic N) is 1. The Labute approximate surface area is 155 Å². The Morgan fingerprint density at radius 2 is 2.21 bits per heavy atom. The molecule has 24 heavy (non-hydrogen) atoms. The molecule has 126 valence electrons. The van der Waals surface area contributed by atoms with E-state index in [1.54, 1.807) is 23.3 Å². The van der Waals surface area contributed by atoms with Crippen LogP contribution in [0.3, 0.4) is 0 Å². The van der Waals surface area contributed by atoms with Gasteiger partial charge in [-0.3, -0.25) is 14.4 Å². The molecule has 0 aromatic carbocycles. The summed E-state index contributed by atoms with van der Waals surface area (Å²) in [5, 5.41) is 10.2. The van der Waals surface area contributed by atoms with E-state index in [9.17, 15) is 14.4 Å². The Morgan fingerprint density at radius 3 is 2.79 bits per heavy atom. The molecule has 2 heterocycles. The molecule has 1 aliphatic carbocycles. The van der Waals surface area contributed by atoms with Gasteiger partial charge in [-0.1, -0.05) is 0 Å². The first-order valence-corrected chi connectivity index (χ1v) is 9.29. The summed E-state index contributed by atoms with van der Waals surface area (Å²) in [5.41, 5.74) is 2.20. The number of carboxylic acid groups (broad SMARTS) is 1. The van der Waals surface area contributed by atoms with Crippen molar-refractivity contribution >= 4 is 56.5 Å². The molecule has 1 N–H and O–H groups in total. The number of ketones is 1. The number of allylic oxidation sites excluding steroid dienone is 2. The highest BCUT2D eigenvalue weighted by molar-refractivity contribution is 9.11. The standard InChI is InChI=1S/C16H13BrClNO4S/c1-7-9(4-15(21)22)10-3-13(20)11(18)5-12(10)19(7)16(23)8-2-14(17)24-6-8/h2-3,6,11-12H,4-5H2,1H3,(H,21,22). The van der Waals surface area contributed by atoms with Gasteiger partial charge in [-0.2, -0.15) is 0 Å². The Hall–Kier alpha value is -1.44. The molecule has 0 radical (unpaired) electrons. The number of carbonyl (C=O) groups excluding carboxylic acids is 2. The van der Waals surface area contributed by atoms with E-state index < -0.39 is 17.4 Å². The summed E-state index contributed by atoms with van der Waals surface area (Å²) in [6, 6.07) is 1.33. The highest BCUT2D eigenvalue weighted by atomic mass is 79.9. The van der Waals surface area contributed by atoms with Gasteiger partial charge in [-0.05, 0) is 52.6 Å². The largest absolute Gasteiger partial charge is 0.481 e. The Bertz CT molecular complexity index is 813. The van der Waals surface area contributed by atoms with Gasteiger partial charge >= 0.3 is 5.97 Å². The maximum absolute atomic E-state index is 12.9. The molecule has 0 saturated heterocycles. The molecule has 0 saturated carbocycles. The van der Waals surface area contributed by atoms with Crippen LogP contribution in [0.15, 0.2) is 38.2 Å². The van der Waals surface area contributed by atoms with Gasteiger partial charge in [0.2, 0.25) is 0 Å². The van der Waals surface area contributed by atoms with Gasteiger partial charge in [0.25, 0.3) is 5.91 Å². The molecule has 2 aliphatic rings. The first-order chi connectivity index (χ1) is 11.3. The minimum absolute atomic E-state index is 0.219. The van der Waals surface area contributed by atoms with E-state index in [1.807, 2.05) is 0 Å². The summed E-state index contributed by atoms with van der Waals surface area (Å²) >= 11 is 10.8. The van der Waals surface area contributed by atoms with Crippen LogP contribution in [0.1, 0.15) is 30.1 Å². The molecule has 1 amide bonds. The Morgan fingerprint density at radius 1 is 1.50 bits per heavy atom. The minimum atomic E-state index is -1.00. The predicted octanol–water partition coefficient (Wildman–Crippen LogP) is 3.59. The van der Waals surface area contributed by atoms with Crippen molar-refractivity contribution in [1.29, 1.82) is 0 Å². The molecular formula is C16H13BrClNO4S. The van der Waals surface area contributed by atoms with E-state index in [-0.39, 0.29) is 24.5 Å². The first-order valence-electron chi connectivity index (χ1n) is 7.18. The molecule has 0 bridgehead atoms. The van der Waals surface area contributed by atoms with Gasteiger partial charge in [0.1, 0.15) is 0 Å². The van der Waals surface area contributed by atoms with Crippen LogP contribution in [0.4, 0.5) is 0 Å². The third kappa shape index (κ3) is 2.96. The number of alkyl halides is 1. The lowest BCUT2D eigenvalue weighted by Crippen LogP contribution is -2.40. The third-order valence-electron chi connectivity index (χ3n) is 4.22. The van der Waals surface area contributed by atoms with Crippen LogP contribution in [0.2, 0.25) is 0 Å². The maximum atomic E-state index is 12.9. The monoisotopic (exact) mass is 429 g/mol. The van der Waals surface area contributed by atoms with Crippen molar-refractivity contribution in [3.63, 3.8) is 0 Å². The lowest BCUT2D eigenvalue weighted by molar-refractivity contribution is -0.136. The fourth-order valence-corrected chi connectivity index (χ4v) is 4.50. The summed E-state index contributed by atoms with van der Waals surface area (Å²) in [6.45, 7) is 1.71. The van der Waals surface area contributed by atoms with Crippen LogP contribution in [-0.4, -0.2) is 39.1 Å². The summed E-state index contributed by atoms with van der Waals surface area (Å²) in [4.78, 5) is 37.6. The van der Waals surface area contributed by atoms with Crippen LogP contribution < -0.4 is 0 Å². The van der Waals surface area contributed by atoms with E-state index in [0.717, 1.165) is 3.79 Å². The number of carboxylic acids is 1. The predicted molar refractivity (Wildman–Crippen MR) is 94.3 cm³/mol. The number of halogens is 2. The number of rotatable bonds is 3. The number of thiophene rings is 1. The minimum Gasteiger partial charge on any atom is -0.481 e. The molecule has 3 rings (SSSR count). The number of carbonyl (C=O) groups is 3. The molecule has 1 aromatic heterocycles. The first kappa shape index (κ1) is 17.4. The second-order valence-corrected chi connectivity index (χ2v) is 8.49. The molecule has 8 heteroatoms. The van der Waals surface area contributed by atoms with Crippen molar-refractivity contribution in [3.05, 3.63) is 43.7 Å². The zero-order valence-electron chi connectivity index (χ0n) is 12.6. The van der Waals surface area contributed by atoms with Gasteiger partial charge in [0.05, 0.1) is 27.2 Å². The van der Waals surface area contributed by atoms with E-state index in [1.165, 1.54) is 17.4 Å². The van der Waals surface area contributed by atoms with Crippen LogP contribution in [-0.2, 0) is 9.59 Å². The fourth-order valence-electron chi connectivity index (χ4n) is 3.14. The van der Waals surface area contributed by atoms with E-state index in [2.05, 4.69) is 15.9 Å². The van der Waals surface area contributed by atoms with Crippen molar-refractivity contribution in [1.82, 2.24) is 4.90 Å². The molecule has 5 nitrogen and oxygen atoms in total. The smallest absolute Gasteiger partial charge is 0.307 e. The lowest BCUT2D eigenvalue weighted by Gasteiger charge is -2.30. The van der Waals surface area contributed by atoms with Crippen molar-refractivity contribution < 1.29 is 19.5 Å². The van der Waals surface area contributed by atoms with Crippen molar-refractivity contribution in [3.8, 4) is 0 Å². The van der Waals surface area contributed by atoms with Gasteiger partial charge in [-0.15, -0.1) is 22.9 Å². The van der Waals surface area contributed by atoms with Crippen LogP contribution in [0.25, 0.3) is 0 Å². The number of hydrogen-bond acceptors (Lipinski definition) is 4. The van der Waals surface area contributed by atoms with Gasteiger partial charge in [-0.25, -0.2) is 0 Å². The van der Waals surface area contributed by atoms with Crippen molar-refractivity contribution in [2.24, 2.45) is 0 Å². The van der Waals surface area contributed by atoms with Gasteiger partial charge in [0.15, 0.2) is 5.78 Å². The highest BCUT2D eigenvalue weighted by Gasteiger charge is 2.43. The summed E-state index contributed by atoms with van der Waals surface area (Å²) in [6.07, 6.45) is 1.44. The topological polar surface area (TPSA) is 74.7 Å². The maximum Gasteiger partial charge on any atom is 0.307 e. The third-order valence-corrected chi connectivity index (χ3v) is 6.11. The SMILES string of the molecule is CC1=C(CC(=O)O)C2=CC(=O)C(Cl)CC2N1C(=O)c1csc(Br)c1. The van der Waals surface area contributed by atoms with E-state index in [4.69, 9.17) is 16.7 Å². The zero-order chi connectivity index (χ0) is 17.6. The number of amides is 1. The van der Waals surface area contributed by atoms with Crippen LogP contribution in [0.5, 0.6) is 0 Å². The van der Waals surface area contributed by atoms with Crippen LogP contribution >= 0.6 is 38.9 Å². The number of hydrogen-bond donors (Lipinski definition) is 1. The number of fused-ring (bicyclic) bond motifs is 1. The molecular weight excluding hydrogens is 418 g/mol. The second-order valence-electron chi connectivity index (χ2n) is 5.67. The summed E-state index contributed by atoms with van der Waals surface area (Å²) < 4.78 is 0.835. The van der Waals surface area contributed by atoms with Crippen molar-refractivity contribution in [2.75, 3.05) is 0 Å². The lowest BCUT2D eigenvalue weighted by atomic mass is 9.89. The Balaban J connectivity index is 2.06. The quantitative estimate of drug-likeness (QED) is 0.744. The fraction of sp³-hybridized carbons (Fsp3) is 0.312. The second kappa shape index (κ2) is 6.46. The van der Waals surface area contributed by atoms with E-state index in [0.29, 0.717) is 22.4 Å². The summed E-state index contributed by atoms with van der Waals surface area (Å²) in [5.74, 6) is -1.47. The van der Waals surface area contributed by atoms with Crippen molar-refractivity contribution in [2.45, 2.75) is 31.2 Å². The van der Waals surface area contributed by atoms with E-state index >= 15 is 0 Å². The average molecular weight is 431 g/mol. The van der Waals surface area contributed by atoms with Gasteiger partial charge in [0, 0.05) is 11.1 Å². The molecule has 1 aromatic rings. The zero-order valence-corrected chi connectivity index (χ0v) is 15.7.